The highest BCUT2D eigenvalue weighted by Gasteiger charge is 2.04. The maximum absolute atomic E-state index is 10.8. The van der Waals surface area contributed by atoms with Gasteiger partial charge in [0.15, 0.2) is 5.12 Å². The van der Waals surface area contributed by atoms with Gasteiger partial charge < -0.3 is 4.74 Å². The summed E-state index contributed by atoms with van der Waals surface area (Å²) in [5.74, 6) is -0.314. The van der Waals surface area contributed by atoms with Crippen molar-refractivity contribution in [1.82, 2.24) is 0 Å². The maximum atomic E-state index is 10.8. The Labute approximate surface area is 77.9 Å². The van der Waals surface area contributed by atoms with Crippen LogP contribution in [0.15, 0.2) is 0 Å². The molecule has 0 aromatic heterocycles. The molecule has 12 heavy (non-hydrogen) atoms. The molecule has 0 aliphatic carbocycles. The number of carbonyl (C=O) groups is 2. The highest BCUT2D eigenvalue weighted by atomic mass is 32.1. The van der Waals surface area contributed by atoms with Crippen LogP contribution in [0, 0.1) is 0 Å². The first-order valence-electron chi connectivity index (χ1n) is 4.04. The third kappa shape index (κ3) is 7.60. The van der Waals surface area contributed by atoms with E-state index in [1.165, 1.54) is 0 Å². The summed E-state index contributed by atoms with van der Waals surface area (Å²) in [6, 6.07) is 0. The van der Waals surface area contributed by atoms with Gasteiger partial charge in [0, 0.05) is 6.42 Å². The molecule has 4 heteroatoms. The molecule has 0 saturated carbocycles. The first-order chi connectivity index (χ1) is 5.66. The van der Waals surface area contributed by atoms with Crippen molar-refractivity contribution in [2.45, 2.75) is 32.6 Å². The molecular formula is C8H14O3S. The van der Waals surface area contributed by atoms with Gasteiger partial charge >= 0.3 is 5.97 Å². The molecular weight excluding hydrogens is 176 g/mol. The second-order valence-corrected chi connectivity index (χ2v) is 2.97. The van der Waals surface area contributed by atoms with E-state index >= 15 is 0 Å². The lowest BCUT2D eigenvalue weighted by molar-refractivity contribution is -0.144. The molecule has 0 N–H and O–H groups in total. The first-order valence-corrected chi connectivity index (χ1v) is 4.49. The fourth-order valence-electron chi connectivity index (χ4n) is 0.612. The van der Waals surface area contributed by atoms with Gasteiger partial charge in [0.25, 0.3) is 0 Å². The molecule has 0 radical (unpaired) electrons. The van der Waals surface area contributed by atoms with E-state index in [1.54, 1.807) is 0 Å². The van der Waals surface area contributed by atoms with Gasteiger partial charge in [-0.05, 0) is 6.42 Å². The zero-order valence-electron chi connectivity index (χ0n) is 7.21. The predicted molar refractivity (Wildman–Crippen MR) is 49.1 cm³/mol. The fourth-order valence-corrected chi connectivity index (χ4v) is 0.723. The summed E-state index contributed by atoms with van der Waals surface area (Å²) in [6.07, 6.45) is 2.18. The minimum Gasteiger partial charge on any atom is -0.466 e. The van der Waals surface area contributed by atoms with E-state index < -0.39 is 0 Å². The SMILES string of the molecule is CCCCOC(=O)CCC(=O)S. The molecule has 0 rings (SSSR count). The maximum Gasteiger partial charge on any atom is 0.306 e. The molecule has 0 atom stereocenters. The molecule has 0 saturated heterocycles. The highest BCUT2D eigenvalue weighted by Crippen LogP contribution is 1.97. The van der Waals surface area contributed by atoms with Gasteiger partial charge in [-0.2, -0.15) is 0 Å². The number of carbonyl (C=O) groups excluding carboxylic acids is 2. The number of esters is 1. The quantitative estimate of drug-likeness (QED) is 0.393. The van der Waals surface area contributed by atoms with Crippen LogP contribution in [-0.2, 0) is 14.3 Å². The summed E-state index contributed by atoms with van der Waals surface area (Å²) < 4.78 is 4.81. The lowest BCUT2D eigenvalue weighted by Gasteiger charge is -2.01. The summed E-state index contributed by atoms with van der Waals surface area (Å²) in [5, 5.41) is -0.276. The molecule has 0 aromatic rings. The molecule has 0 aromatic carbocycles. The number of thiol groups is 1. The summed E-state index contributed by atoms with van der Waals surface area (Å²) in [7, 11) is 0. The van der Waals surface area contributed by atoms with Crippen LogP contribution >= 0.6 is 12.6 Å². The van der Waals surface area contributed by atoms with Crippen molar-refractivity contribution < 1.29 is 14.3 Å². The minimum absolute atomic E-state index is 0.145. The number of hydrogen-bond donors (Lipinski definition) is 1. The summed E-state index contributed by atoms with van der Waals surface area (Å²) >= 11 is 3.54. The van der Waals surface area contributed by atoms with E-state index in [9.17, 15) is 9.59 Å². The van der Waals surface area contributed by atoms with Gasteiger partial charge in [-0.1, -0.05) is 13.3 Å². The number of unbranched alkanes of at least 4 members (excludes halogenated alkanes) is 1. The third-order valence-electron chi connectivity index (χ3n) is 1.30. The summed E-state index contributed by atoms with van der Waals surface area (Å²) in [4.78, 5) is 21.1. The van der Waals surface area contributed by atoms with Crippen LogP contribution in [0.2, 0.25) is 0 Å². The van der Waals surface area contributed by atoms with E-state index in [4.69, 9.17) is 4.74 Å². The van der Waals surface area contributed by atoms with Crippen LogP contribution in [0.25, 0.3) is 0 Å². The first kappa shape index (κ1) is 11.5. The molecule has 0 spiro atoms. The molecule has 0 unspecified atom stereocenters. The third-order valence-corrected chi connectivity index (χ3v) is 1.53. The molecule has 0 aliphatic rings. The van der Waals surface area contributed by atoms with Crippen molar-refractivity contribution in [1.29, 1.82) is 0 Å². The number of rotatable bonds is 6. The van der Waals surface area contributed by atoms with Crippen molar-refractivity contribution in [3.05, 3.63) is 0 Å². The lowest BCUT2D eigenvalue weighted by atomic mass is 10.3. The van der Waals surface area contributed by atoms with Crippen LogP contribution in [0.5, 0.6) is 0 Å². The predicted octanol–water partition coefficient (Wildman–Crippen LogP) is 1.57. The molecule has 0 amide bonds. The molecule has 0 heterocycles. The van der Waals surface area contributed by atoms with Crippen molar-refractivity contribution in [2.75, 3.05) is 6.61 Å². The monoisotopic (exact) mass is 190 g/mol. The Morgan fingerprint density at radius 3 is 2.50 bits per heavy atom. The van der Waals surface area contributed by atoms with Gasteiger partial charge in [-0.25, -0.2) is 0 Å². The Balaban J connectivity index is 3.28. The van der Waals surface area contributed by atoms with E-state index in [-0.39, 0.29) is 23.9 Å². The fraction of sp³-hybridized carbons (Fsp3) is 0.750. The van der Waals surface area contributed by atoms with Gasteiger partial charge in [0.1, 0.15) is 0 Å². The van der Waals surface area contributed by atoms with Crippen LogP contribution in [0.3, 0.4) is 0 Å². The van der Waals surface area contributed by atoms with Crippen LogP contribution in [0.4, 0.5) is 0 Å². The van der Waals surface area contributed by atoms with Crippen molar-refractivity contribution in [3.8, 4) is 0 Å². The zero-order chi connectivity index (χ0) is 9.40. The van der Waals surface area contributed by atoms with Gasteiger partial charge in [-0.3, -0.25) is 9.59 Å². The Morgan fingerprint density at radius 1 is 1.33 bits per heavy atom. The largest absolute Gasteiger partial charge is 0.466 e. The smallest absolute Gasteiger partial charge is 0.306 e. The van der Waals surface area contributed by atoms with E-state index in [0.717, 1.165) is 12.8 Å². The van der Waals surface area contributed by atoms with Crippen LogP contribution < -0.4 is 0 Å². The number of hydrogen-bond acceptors (Lipinski definition) is 3. The van der Waals surface area contributed by atoms with Crippen LogP contribution in [0.1, 0.15) is 32.6 Å². The van der Waals surface area contributed by atoms with Crippen LogP contribution in [-0.4, -0.2) is 17.7 Å². The van der Waals surface area contributed by atoms with Crippen molar-refractivity contribution >= 4 is 23.7 Å². The highest BCUT2D eigenvalue weighted by molar-refractivity contribution is 7.96. The lowest BCUT2D eigenvalue weighted by Crippen LogP contribution is -2.06. The van der Waals surface area contributed by atoms with E-state index in [1.807, 2.05) is 6.92 Å². The molecule has 0 fully saturated rings. The summed E-state index contributed by atoms with van der Waals surface area (Å²) in [5.41, 5.74) is 0. The number of ether oxygens (including phenoxy) is 1. The average molecular weight is 190 g/mol. The Hall–Kier alpha value is -0.510. The Bertz CT molecular complexity index is 156. The van der Waals surface area contributed by atoms with Gasteiger partial charge in [0.05, 0.1) is 13.0 Å². The van der Waals surface area contributed by atoms with E-state index in [2.05, 4.69) is 12.6 Å². The minimum atomic E-state index is -0.314. The second kappa shape index (κ2) is 7.16. The van der Waals surface area contributed by atoms with Gasteiger partial charge in [0.2, 0.25) is 0 Å². The van der Waals surface area contributed by atoms with Crippen molar-refractivity contribution in [2.24, 2.45) is 0 Å². The van der Waals surface area contributed by atoms with Gasteiger partial charge in [-0.15, -0.1) is 12.6 Å². The Morgan fingerprint density at radius 2 is 2.00 bits per heavy atom. The summed E-state index contributed by atoms with van der Waals surface area (Å²) in [6.45, 7) is 2.47. The van der Waals surface area contributed by atoms with E-state index in [0.29, 0.717) is 6.61 Å². The topological polar surface area (TPSA) is 43.4 Å². The second-order valence-electron chi connectivity index (χ2n) is 2.47. The Kier molecular flexibility index (Phi) is 6.85. The normalized spacial score (nSPS) is 9.50. The molecule has 70 valence electrons. The molecule has 3 nitrogen and oxygen atoms in total. The molecule has 0 bridgehead atoms. The standard InChI is InChI=1S/C8H14O3S/c1-2-3-6-11-7(9)4-5-8(10)12/h2-6H2,1H3,(H,10,12). The van der Waals surface area contributed by atoms with Crippen molar-refractivity contribution in [3.63, 3.8) is 0 Å². The zero-order valence-corrected chi connectivity index (χ0v) is 8.10. The average Bonchev–Trinajstić information content (AvgIpc) is 2.01. The molecule has 0 aliphatic heterocycles.